The van der Waals surface area contributed by atoms with Gasteiger partial charge >= 0.3 is 5.97 Å². The summed E-state index contributed by atoms with van der Waals surface area (Å²) in [5, 5.41) is 13.3. The molecule has 0 aliphatic carbocycles. The van der Waals surface area contributed by atoms with E-state index in [1.165, 1.54) is 6.07 Å². The van der Waals surface area contributed by atoms with Crippen molar-refractivity contribution in [3.8, 4) is 11.4 Å². The van der Waals surface area contributed by atoms with Crippen molar-refractivity contribution >= 4 is 5.97 Å². The SMILES string of the molecule is Cc1cnn(-c2ccc(C(=O)O)cc2OCC(C)C)c1. The third kappa shape index (κ3) is 3.17. The molecule has 2 rings (SSSR count). The second-order valence-corrected chi connectivity index (χ2v) is 5.15. The molecule has 0 radical (unpaired) electrons. The van der Waals surface area contributed by atoms with Gasteiger partial charge < -0.3 is 9.84 Å². The van der Waals surface area contributed by atoms with Crippen LogP contribution in [0.1, 0.15) is 29.8 Å². The molecule has 0 spiro atoms. The molecule has 1 heterocycles. The summed E-state index contributed by atoms with van der Waals surface area (Å²) in [5.74, 6) is -0.0833. The van der Waals surface area contributed by atoms with Crippen molar-refractivity contribution < 1.29 is 14.6 Å². The summed E-state index contributed by atoms with van der Waals surface area (Å²) in [4.78, 5) is 11.1. The number of rotatable bonds is 5. The lowest BCUT2D eigenvalue weighted by atomic mass is 10.2. The monoisotopic (exact) mass is 274 g/mol. The molecule has 0 aliphatic rings. The summed E-state index contributed by atoms with van der Waals surface area (Å²) in [6.07, 6.45) is 3.62. The first kappa shape index (κ1) is 14.1. The van der Waals surface area contributed by atoms with Crippen LogP contribution in [0.5, 0.6) is 5.75 Å². The first-order valence-corrected chi connectivity index (χ1v) is 6.49. The first-order chi connectivity index (χ1) is 9.47. The Hall–Kier alpha value is -2.30. The van der Waals surface area contributed by atoms with E-state index in [0.717, 1.165) is 11.3 Å². The molecule has 1 aromatic carbocycles. The van der Waals surface area contributed by atoms with E-state index in [1.807, 2.05) is 27.0 Å². The van der Waals surface area contributed by atoms with Crippen LogP contribution in [0.2, 0.25) is 0 Å². The van der Waals surface area contributed by atoms with Crippen LogP contribution >= 0.6 is 0 Å². The van der Waals surface area contributed by atoms with E-state index in [4.69, 9.17) is 9.84 Å². The molecule has 0 fully saturated rings. The van der Waals surface area contributed by atoms with Gasteiger partial charge in [0.05, 0.1) is 18.4 Å². The lowest BCUT2D eigenvalue weighted by Gasteiger charge is -2.14. The minimum absolute atomic E-state index is 0.205. The second kappa shape index (κ2) is 5.77. The Balaban J connectivity index is 2.41. The smallest absolute Gasteiger partial charge is 0.335 e. The fourth-order valence-electron chi connectivity index (χ4n) is 1.75. The standard InChI is InChI=1S/C15H18N2O3/c1-10(2)9-20-14-6-12(15(18)19)4-5-13(14)17-8-11(3)7-16-17/h4-8,10H,9H2,1-3H3,(H,18,19). The van der Waals surface area contributed by atoms with Crippen LogP contribution in [-0.2, 0) is 0 Å². The third-order valence-corrected chi connectivity index (χ3v) is 2.74. The predicted molar refractivity (Wildman–Crippen MR) is 75.6 cm³/mol. The molecule has 0 saturated carbocycles. The lowest BCUT2D eigenvalue weighted by Crippen LogP contribution is -2.09. The predicted octanol–water partition coefficient (Wildman–Crippen LogP) is 2.91. The van der Waals surface area contributed by atoms with Crippen molar-refractivity contribution in [1.29, 1.82) is 0 Å². The molecule has 0 saturated heterocycles. The topological polar surface area (TPSA) is 64.4 Å². The van der Waals surface area contributed by atoms with Crippen LogP contribution in [0.3, 0.4) is 0 Å². The van der Waals surface area contributed by atoms with Gasteiger partial charge in [-0.15, -0.1) is 0 Å². The number of carboxylic acids is 1. The summed E-state index contributed by atoms with van der Waals surface area (Å²) in [5.41, 5.74) is 1.97. The van der Waals surface area contributed by atoms with Crippen molar-refractivity contribution in [2.24, 2.45) is 5.92 Å². The van der Waals surface area contributed by atoms with Crippen molar-refractivity contribution in [1.82, 2.24) is 9.78 Å². The number of carboxylic acid groups (broad SMARTS) is 1. The quantitative estimate of drug-likeness (QED) is 0.910. The average Bonchev–Trinajstić information content (AvgIpc) is 2.82. The molecule has 1 aromatic heterocycles. The third-order valence-electron chi connectivity index (χ3n) is 2.74. The number of carbonyl (C=O) groups is 1. The van der Waals surface area contributed by atoms with Crippen LogP contribution in [0.25, 0.3) is 5.69 Å². The van der Waals surface area contributed by atoms with Crippen molar-refractivity contribution in [3.05, 3.63) is 41.7 Å². The van der Waals surface area contributed by atoms with Crippen LogP contribution < -0.4 is 4.74 Å². The van der Waals surface area contributed by atoms with Gasteiger partial charge in [-0.25, -0.2) is 9.48 Å². The fourth-order valence-corrected chi connectivity index (χ4v) is 1.75. The highest BCUT2D eigenvalue weighted by molar-refractivity contribution is 5.88. The molecule has 5 heteroatoms. The number of ether oxygens (including phenoxy) is 1. The van der Waals surface area contributed by atoms with Crippen LogP contribution in [0.4, 0.5) is 0 Å². The van der Waals surface area contributed by atoms with E-state index >= 15 is 0 Å². The lowest BCUT2D eigenvalue weighted by molar-refractivity contribution is 0.0696. The number of nitrogens with zero attached hydrogens (tertiary/aromatic N) is 2. The summed E-state index contributed by atoms with van der Waals surface area (Å²) in [6.45, 7) is 6.55. The van der Waals surface area contributed by atoms with E-state index in [9.17, 15) is 4.79 Å². The number of aryl methyl sites for hydroxylation is 1. The van der Waals surface area contributed by atoms with Crippen molar-refractivity contribution in [3.63, 3.8) is 0 Å². The zero-order chi connectivity index (χ0) is 14.7. The molecule has 20 heavy (non-hydrogen) atoms. The minimum Gasteiger partial charge on any atom is -0.491 e. The van der Waals surface area contributed by atoms with E-state index in [0.29, 0.717) is 18.3 Å². The highest BCUT2D eigenvalue weighted by atomic mass is 16.5. The molecule has 0 atom stereocenters. The number of hydrogen-bond donors (Lipinski definition) is 1. The summed E-state index contributed by atoms with van der Waals surface area (Å²) < 4.78 is 7.42. The Kier molecular flexibility index (Phi) is 4.08. The summed E-state index contributed by atoms with van der Waals surface area (Å²) in [7, 11) is 0. The van der Waals surface area contributed by atoms with Crippen LogP contribution in [0, 0.1) is 12.8 Å². The van der Waals surface area contributed by atoms with Gasteiger partial charge in [-0.1, -0.05) is 13.8 Å². The largest absolute Gasteiger partial charge is 0.491 e. The highest BCUT2D eigenvalue weighted by Crippen LogP contribution is 2.25. The molecule has 0 amide bonds. The first-order valence-electron chi connectivity index (χ1n) is 6.49. The second-order valence-electron chi connectivity index (χ2n) is 5.15. The van der Waals surface area contributed by atoms with Gasteiger partial charge in [0.2, 0.25) is 0 Å². The fraction of sp³-hybridized carbons (Fsp3) is 0.333. The highest BCUT2D eigenvalue weighted by Gasteiger charge is 2.12. The Labute approximate surface area is 117 Å². The van der Waals surface area contributed by atoms with Crippen molar-refractivity contribution in [2.75, 3.05) is 6.61 Å². The maximum absolute atomic E-state index is 11.1. The van der Waals surface area contributed by atoms with Gasteiger partial charge in [0, 0.05) is 6.20 Å². The molecule has 1 N–H and O–H groups in total. The molecule has 0 aliphatic heterocycles. The van der Waals surface area contributed by atoms with Crippen LogP contribution in [-0.4, -0.2) is 27.5 Å². The summed E-state index contributed by atoms with van der Waals surface area (Å²) >= 11 is 0. The maximum atomic E-state index is 11.1. The van der Waals surface area contributed by atoms with Crippen LogP contribution in [0.15, 0.2) is 30.6 Å². The molecule has 2 aromatic rings. The Morgan fingerprint density at radius 2 is 2.20 bits per heavy atom. The average molecular weight is 274 g/mol. The maximum Gasteiger partial charge on any atom is 0.335 e. The van der Waals surface area contributed by atoms with Gasteiger partial charge in [0.15, 0.2) is 0 Å². The van der Waals surface area contributed by atoms with E-state index in [2.05, 4.69) is 5.10 Å². The Bertz CT molecular complexity index is 617. The van der Waals surface area contributed by atoms with E-state index in [1.54, 1.807) is 23.0 Å². The number of aromatic carboxylic acids is 1. The Morgan fingerprint density at radius 1 is 1.45 bits per heavy atom. The zero-order valence-electron chi connectivity index (χ0n) is 11.8. The van der Waals surface area contributed by atoms with Gasteiger partial charge in [-0.3, -0.25) is 0 Å². The molecule has 0 bridgehead atoms. The number of benzene rings is 1. The van der Waals surface area contributed by atoms with Gasteiger partial charge in [0.1, 0.15) is 11.4 Å². The summed E-state index contributed by atoms with van der Waals surface area (Å²) in [6, 6.07) is 4.81. The zero-order valence-corrected chi connectivity index (χ0v) is 11.8. The molecular weight excluding hydrogens is 256 g/mol. The van der Waals surface area contributed by atoms with Gasteiger partial charge in [-0.05, 0) is 36.6 Å². The minimum atomic E-state index is -0.970. The van der Waals surface area contributed by atoms with E-state index < -0.39 is 5.97 Å². The van der Waals surface area contributed by atoms with E-state index in [-0.39, 0.29) is 5.56 Å². The van der Waals surface area contributed by atoms with Gasteiger partial charge in [0.25, 0.3) is 0 Å². The molecule has 106 valence electrons. The normalized spacial score (nSPS) is 10.8. The molecule has 5 nitrogen and oxygen atoms in total. The number of hydrogen-bond acceptors (Lipinski definition) is 3. The van der Waals surface area contributed by atoms with Gasteiger partial charge in [-0.2, -0.15) is 5.10 Å². The molecule has 0 unspecified atom stereocenters. The number of aromatic nitrogens is 2. The Morgan fingerprint density at radius 3 is 2.75 bits per heavy atom. The molecular formula is C15H18N2O3. The van der Waals surface area contributed by atoms with Crippen molar-refractivity contribution in [2.45, 2.75) is 20.8 Å².